The molecule has 7 nitrogen and oxygen atoms in total. The van der Waals surface area contributed by atoms with Gasteiger partial charge in [0, 0.05) is 23.7 Å². The van der Waals surface area contributed by atoms with Crippen LogP contribution in [0.2, 0.25) is 0 Å². The van der Waals surface area contributed by atoms with Crippen molar-refractivity contribution in [2.45, 2.75) is 56.5 Å². The minimum atomic E-state index is -3.89. The number of fused-ring (bicyclic) bond motifs is 2. The maximum absolute atomic E-state index is 13.9. The summed E-state index contributed by atoms with van der Waals surface area (Å²) in [5, 5.41) is 0.895. The van der Waals surface area contributed by atoms with Crippen molar-refractivity contribution in [1.29, 1.82) is 0 Å². The molecular formula is C23H24N4O3S2. The van der Waals surface area contributed by atoms with Crippen LogP contribution in [0.3, 0.4) is 0 Å². The van der Waals surface area contributed by atoms with Crippen LogP contribution in [-0.2, 0) is 16.6 Å². The van der Waals surface area contributed by atoms with E-state index in [-0.39, 0.29) is 23.0 Å². The molecular weight excluding hydrogens is 444 g/mol. The molecule has 0 unspecified atom stereocenters. The Hall–Kier alpha value is -2.62. The zero-order valence-corrected chi connectivity index (χ0v) is 19.4. The zero-order chi connectivity index (χ0) is 22.3. The Morgan fingerprint density at radius 1 is 1.09 bits per heavy atom. The molecule has 0 radical (unpaired) electrons. The Morgan fingerprint density at radius 3 is 2.72 bits per heavy atom. The summed E-state index contributed by atoms with van der Waals surface area (Å²) in [6, 6.07) is 12.5. The fourth-order valence-corrected chi connectivity index (χ4v) is 6.97. The van der Waals surface area contributed by atoms with Crippen LogP contribution in [0.5, 0.6) is 0 Å². The summed E-state index contributed by atoms with van der Waals surface area (Å²) in [5.74, 6) is 0. The minimum absolute atomic E-state index is 0.0279. The quantitative estimate of drug-likeness (QED) is 0.469. The van der Waals surface area contributed by atoms with Crippen LogP contribution >= 0.6 is 11.7 Å². The first-order valence-electron chi connectivity index (χ1n) is 10.8. The van der Waals surface area contributed by atoms with Crippen LogP contribution < -0.4 is 5.56 Å². The van der Waals surface area contributed by atoms with Crippen molar-refractivity contribution in [3.8, 4) is 0 Å². The lowest BCUT2D eigenvalue weighted by atomic mass is 9.95. The van der Waals surface area contributed by atoms with Gasteiger partial charge < -0.3 is 4.98 Å². The number of aromatic amines is 1. The molecule has 0 amide bonds. The number of pyridine rings is 1. The van der Waals surface area contributed by atoms with E-state index in [2.05, 4.69) is 13.7 Å². The molecule has 1 aliphatic carbocycles. The Labute approximate surface area is 190 Å². The molecule has 166 valence electrons. The van der Waals surface area contributed by atoms with Crippen molar-refractivity contribution in [3.05, 3.63) is 63.9 Å². The van der Waals surface area contributed by atoms with Gasteiger partial charge in [-0.2, -0.15) is 13.1 Å². The standard InChI is InChI=1S/C23H24N4O3S2/c1-15-10-11-19-16(12-15)13-17(23(28)24-19)14-27(18-6-3-2-4-7-18)32(29,30)21-9-5-8-20-22(21)26-31-25-20/h5,8-13,18H,2-4,6-7,14H2,1H3,(H,24,28). The highest BCUT2D eigenvalue weighted by atomic mass is 32.2. The van der Waals surface area contributed by atoms with E-state index in [1.54, 1.807) is 18.2 Å². The van der Waals surface area contributed by atoms with E-state index in [0.717, 1.165) is 60.3 Å². The molecule has 0 atom stereocenters. The molecule has 5 rings (SSSR count). The molecule has 2 aromatic carbocycles. The van der Waals surface area contributed by atoms with Crippen LogP contribution in [0.4, 0.5) is 0 Å². The smallest absolute Gasteiger partial charge is 0.252 e. The van der Waals surface area contributed by atoms with E-state index in [9.17, 15) is 13.2 Å². The third-order valence-corrected chi connectivity index (χ3v) is 8.69. The molecule has 1 N–H and O–H groups in total. The number of hydrogen-bond donors (Lipinski definition) is 1. The maximum Gasteiger partial charge on any atom is 0.252 e. The average Bonchev–Trinajstić information content (AvgIpc) is 3.27. The molecule has 0 aliphatic heterocycles. The van der Waals surface area contributed by atoms with E-state index < -0.39 is 10.0 Å². The number of hydrogen-bond acceptors (Lipinski definition) is 6. The lowest BCUT2D eigenvalue weighted by Crippen LogP contribution is -2.42. The number of aryl methyl sites for hydroxylation is 1. The number of rotatable bonds is 5. The van der Waals surface area contributed by atoms with Crippen molar-refractivity contribution in [3.63, 3.8) is 0 Å². The number of aromatic nitrogens is 3. The molecule has 1 aliphatic rings. The van der Waals surface area contributed by atoms with Crippen molar-refractivity contribution in [1.82, 2.24) is 18.0 Å². The number of H-pyrrole nitrogens is 1. The summed E-state index contributed by atoms with van der Waals surface area (Å²) in [5.41, 5.74) is 2.97. The van der Waals surface area contributed by atoms with Crippen LogP contribution in [0, 0.1) is 6.92 Å². The highest BCUT2D eigenvalue weighted by Gasteiger charge is 2.34. The molecule has 2 heterocycles. The molecule has 0 spiro atoms. The summed E-state index contributed by atoms with van der Waals surface area (Å²) in [6.45, 7) is 2.02. The second kappa shape index (κ2) is 8.38. The lowest BCUT2D eigenvalue weighted by molar-refractivity contribution is 0.247. The summed E-state index contributed by atoms with van der Waals surface area (Å²) >= 11 is 1.00. The largest absolute Gasteiger partial charge is 0.322 e. The van der Waals surface area contributed by atoms with Crippen molar-refractivity contribution >= 4 is 43.7 Å². The SMILES string of the molecule is Cc1ccc2[nH]c(=O)c(CN(C3CCCCC3)S(=O)(=O)c3cccc4nsnc34)cc2c1. The summed E-state index contributed by atoms with van der Waals surface area (Å²) in [7, 11) is -3.89. The molecule has 32 heavy (non-hydrogen) atoms. The second-order valence-corrected chi connectivity index (χ2v) is 10.8. The summed E-state index contributed by atoms with van der Waals surface area (Å²) in [6.07, 6.45) is 4.63. The lowest BCUT2D eigenvalue weighted by Gasteiger charge is -2.33. The Bertz CT molecular complexity index is 1450. The van der Waals surface area contributed by atoms with Gasteiger partial charge in [0.1, 0.15) is 15.9 Å². The molecule has 1 saturated carbocycles. The third kappa shape index (κ3) is 3.85. The first kappa shape index (κ1) is 21.2. The highest BCUT2D eigenvalue weighted by molar-refractivity contribution is 7.89. The Morgan fingerprint density at radius 2 is 1.91 bits per heavy atom. The molecule has 1 fully saturated rings. The van der Waals surface area contributed by atoms with Crippen molar-refractivity contribution in [2.75, 3.05) is 0 Å². The predicted octanol–water partition coefficient (Wildman–Crippen LogP) is 4.36. The van der Waals surface area contributed by atoms with Crippen molar-refractivity contribution < 1.29 is 8.42 Å². The van der Waals surface area contributed by atoms with Gasteiger partial charge in [-0.1, -0.05) is 37.0 Å². The van der Waals surface area contributed by atoms with Gasteiger partial charge in [-0.3, -0.25) is 4.79 Å². The maximum atomic E-state index is 13.9. The van der Waals surface area contributed by atoms with Crippen LogP contribution in [0.15, 0.2) is 52.2 Å². The number of nitrogens with zero attached hydrogens (tertiary/aromatic N) is 3. The molecule has 2 aromatic heterocycles. The zero-order valence-electron chi connectivity index (χ0n) is 17.7. The second-order valence-electron chi connectivity index (χ2n) is 8.44. The number of sulfonamides is 1. The fourth-order valence-electron chi connectivity index (χ4n) is 4.55. The van der Waals surface area contributed by atoms with Gasteiger partial charge in [-0.25, -0.2) is 8.42 Å². The Balaban J connectivity index is 1.62. The van der Waals surface area contributed by atoms with Gasteiger partial charge in [0.2, 0.25) is 10.0 Å². The molecule has 0 saturated heterocycles. The minimum Gasteiger partial charge on any atom is -0.322 e. The fraction of sp³-hybridized carbons (Fsp3) is 0.348. The monoisotopic (exact) mass is 468 g/mol. The van der Waals surface area contributed by atoms with E-state index in [1.807, 2.05) is 31.2 Å². The molecule has 0 bridgehead atoms. The first-order chi connectivity index (χ1) is 15.4. The van der Waals surface area contributed by atoms with E-state index in [4.69, 9.17) is 0 Å². The van der Waals surface area contributed by atoms with Gasteiger partial charge in [-0.15, -0.1) is 0 Å². The first-order valence-corrected chi connectivity index (χ1v) is 13.0. The summed E-state index contributed by atoms with van der Waals surface area (Å²) in [4.78, 5) is 15.9. The Kier molecular flexibility index (Phi) is 5.56. The van der Waals surface area contributed by atoms with E-state index in [1.165, 1.54) is 4.31 Å². The van der Waals surface area contributed by atoms with Crippen LogP contribution in [0.1, 0.15) is 43.2 Å². The van der Waals surface area contributed by atoms with Crippen molar-refractivity contribution in [2.24, 2.45) is 0 Å². The molecule has 4 aromatic rings. The topological polar surface area (TPSA) is 96.0 Å². The third-order valence-electron chi connectivity index (χ3n) is 6.22. The van der Waals surface area contributed by atoms with Gasteiger partial charge in [0.25, 0.3) is 5.56 Å². The van der Waals surface area contributed by atoms with E-state index in [0.29, 0.717) is 16.6 Å². The van der Waals surface area contributed by atoms with Crippen LogP contribution in [-0.4, -0.2) is 32.5 Å². The average molecular weight is 469 g/mol. The van der Waals surface area contributed by atoms with Crippen LogP contribution in [0.25, 0.3) is 21.9 Å². The number of nitrogens with one attached hydrogen (secondary N) is 1. The van der Waals surface area contributed by atoms with E-state index >= 15 is 0 Å². The van der Waals surface area contributed by atoms with Gasteiger partial charge in [0.15, 0.2) is 0 Å². The highest BCUT2D eigenvalue weighted by Crippen LogP contribution is 2.32. The van der Waals surface area contributed by atoms with Gasteiger partial charge >= 0.3 is 0 Å². The normalized spacial score (nSPS) is 15.7. The summed E-state index contributed by atoms with van der Waals surface area (Å²) < 4.78 is 37.8. The molecule has 9 heteroatoms. The van der Waals surface area contributed by atoms with Gasteiger partial charge in [0.05, 0.1) is 11.7 Å². The van der Waals surface area contributed by atoms with Gasteiger partial charge in [-0.05, 0) is 55.5 Å². The number of benzene rings is 2. The predicted molar refractivity (Wildman–Crippen MR) is 126 cm³/mol.